The normalized spacial score (nSPS) is 15.9. The van der Waals surface area contributed by atoms with Crippen LogP contribution in [0.4, 0.5) is 11.4 Å². The van der Waals surface area contributed by atoms with Crippen LogP contribution in [0, 0.1) is 0 Å². The van der Waals surface area contributed by atoms with Crippen LogP contribution in [0.1, 0.15) is 270 Å². The van der Waals surface area contributed by atoms with Gasteiger partial charge in [-0.1, -0.05) is 268 Å². The summed E-state index contributed by atoms with van der Waals surface area (Å²) in [6.07, 6.45) is 49.9. The molecule has 3 aromatic rings. The van der Waals surface area contributed by atoms with Gasteiger partial charge in [-0.15, -0.1) is 0 Å². The number of carbonyl (C=O) groups is 1. The lowest BCUT2D eigenvalue weighted by molar-refractivity contribution is -0.145. The molecule has 1 spiro atoms. The zero-order valence-electron chi connectivity index (χ0n) is 43.8. The standard InChI is InChI=1S/C62H98N2O3/c1-5-7-9-11-13-15-17-19-21-23-24-25-26-28-30-32-34-36-38-48-58(65)66-51-54-50-53-44-39-40-45-55(53)59-60(54)67-62(52-63-59)61(3,4)56-46-41-42-47-57(56)64(62)49-43-37-35-33-31-29-27-22-20-18-16-14-12-10-8-6-2/h39-42,44-47,50,52H,5-38,43,48-49,51H2,1-4H3. The first-order valence-corrected chi connectivity index (χ1v) is 28.7. The highest BCUT2D eigenvalue weighted by Gasteiger charge is 2.59. The Hall–Kier alpha value is -3.34. The minimum atomic E-state index is -0.799. The number of ether oxygens (including phenoxy) is 2. The number of carbonyl (C=O) groups excluding carboxylic acids is 1. The monoisotopic (exact) mass is 919 g/mol. The predicted octanol–water partition coefficient (Wildman–Crippen LogP) is 19.6. The Balaban J connectivity index is 1.03. The number of fused-ring (bicyclic) bond motifs is 4. The number of hydrogen-bond acceptors (Lipinski definition) is 5. The van der Waals surface area contributed by atoms with Gasteiger partial charge < -0.3 is 14.4 Å². The van der Waals surface area contributed by atoms with Crippen LogP contribution in [0.25, 0.3) is 10.8 Å². The van der Waals surface area contributed by atoms with Gasteiger partial charge in [0, 0.05) is 29.6 Å². The maximum Gasteiger partial charge on any atom is 0.306 e. The largest absolute Gasteiger partial charge is 0.461 e. The fourth-order valence-corrected chi connectivity index (χ4v) is 11.1. The lowest BCUT2D eigenvalue weighted by Gasteiger charge is -2.46. The molecule has 5 rings (SSSR count). The Kier molecular flexibility index (Phi) is 25.9. The van der Waals surface area contributed by atoms with Gasteiger partial charge in [0.05, 0.1) is 11.6 Å². The fraction of sp³-hybridized carbons (Fsp3) is 0.710. The van der Waals surface area contributed by atoms with E-state index in [1.54, 1.807) is 0 Å². The zero-order valence-corrected chi connectivity index (χ0v) is 43.8. The molecule has 5 nitrogen and oxygen atoms in total. The van der Waals surface area contributed by atoms with E-state index >= 15 is 0 Å². The van der Waals surface area contributed by atoms with Gasteiger partial charge in [-0.05, 0) is 49.8 Å². The number of benzene rings is 3. The molecule has 0 aliphatic carbocycles. The van der Waals surface area contributed by atoms with Crippen molar-refractivity contribution < 1.29 is 14.3 Å². The van der Waals surface area contributed by atoms with Crippen molar-refractivity contribution in [2.24, 2.45) is 4.99 Å². The van der Waals surface area contributed by atoms with E-state index in [-0.39, 0.29) is 18.0 Å². The van der Waals surface area contributed by atoms with E-state index in [1.807, 2.05) is 0 Å². The van der Waals surface area contributed by atoms with Gasteiger partial charge in [-0.2, -0.15) is 0 Å². The third-order valence-corrected chi connectivity index (χ3v) is 15.5. The molecule has 1 unspecified atom stereocenters. The number of aliphatic imine (C=N–C) groups is 1. The summed E-state index contributed by atoms with van der Waals surface area (Å²) in [6, 6.07) is 19.4. The van der Waals surface area contributed by atoms with E-state index in [1.165, 1.54) is 217 Å². The molecule has 0 bridgehead atoms. The number of anilines is 1. The smallest absolute Gasteiger partial charge is 0.306 e. The first-order valence-electron chi connectivity index (χ1n) is 28.7. The van der Waals surface area contributed by atoms with E-state index in [9.17, 15) is 4.79 Å². The quantitative estimate of drug-likeness (QED) is 0.0423. The summed E-state index contributed by atoms with van der Waals surface area (Å²) >= 11 is 0. The van der Waals surface area contributed by atoms with Gasteiger partial charge in [-0.25, -0.2) is 0 Å². The lowest BCUT2D eigenvalue weighted by atomic mass is 9.77. The van der Waals surface area contributed by atoms with Crippen LogP contribution >= 0.6 is 0 Å². The van der Waals surface area contributed by atoms with Gasteiger partial charge >= 0.3 is 5.97 Å². The van der Waals surface area contributed by atoms with Crippen LogP contribution in [0.15, 0.2) is 59.6 Å². The average molecular weight is 919 g/mol. The number of unbranched alkanes of at least 4 members (excludes halogenated alkanes) is 33. The van der Waals surface area contributed by atoms with E-state index in [0.29, 0.717) is 6.42 Å². The van der Waals surface area contributed by atoms with E-state index in [2.05, 4.69) is 93.4 Å². The summed E-state index contributed by atoms with van der Waals surface area (Å²) in [5.41, 5.74) is 3.08. The molecule has 5 heteroatoms. The molecule has 2 aliphatic heterocycles. The fourth-order valence-electron chi connectivity index (χ4n) is 11.1. The van der Waals surface area contributed by atoms with Crippen molar-refractivity contribution in [3.05, 3.63) is 65.7 Å². The molecule has 67 heavy (non-hydrogen) atoms. The number of nitrogens with zero attached hydrogens (tertiary/aromatic N) is 2. The van der Waals surface area contributed by atoms with Crippen LogP contribution in [0.5, 0.6) is 5.75 Å². The van der Waals surface area contributed by atoms with Gasteiger partial charge in [0.25, 0.3) is 0 Å². The van der Waals surface area contributed by atoms with Crippen molar-refractivity contribution in [2.45, 2.75) is 277 Å². The van der Waals surface area contributed by atoms with Crippen LogP contribution in [-0.2, 0) is 21.6 Å². The Labute approximate surface area is 411 Å². The van der Waals surface area contributed by atoms with Crippen LogP contribution in [0.3, 0.4) is 0 Å². The summed E-state index contributed by atoms with van der Waals surface area (Å²) in [5.74, 6) is 0.622. The van der Waals surface area contributed by atoms with Gasteiger partial charge in [0.2, 0.25) is 5.72 Å². The van der Waals surface area contributed by atoms with Crippen LogP contribution in [-0.4, -0.2) is 24.5 Å². The molecule has 1 atom stereocenters. The third kappa shape index (κ3) is 17.5. The predicted molar refractivity (Wildman–Crippen MR) is 290 cm³/mol. The Morgan fingerprint density at radius 2 is 0.985 bits per heavy atom. The summed E-state index contributed by atoms with van der Waals surface area (Å²) in [7, 11) is 0. The molecular formula is C62H98N2O3. The molecule has 2 aliphatic rings. The molecule has 0 amide bonds. The second kappa shape index (κ2) is 31.7. The summed E-state index contributed by atoms with van der Waals surface area (Å²) in [4.78, 5) is 21.0. The van der Waals surface area contributed by atoms with Crippen LogP contribution < -0.4 is 9.64 Å². The van der Waals surface area contributed by atoms with Crippen molar-refractivity contribution in [3.63, 3.8) is 0 Å². The van der Waals surface area contributed by atoms with Crippen molar-refractivity contribution in [1.82, 2.24) is 0 Å². The second-order valence-corrected chi connectivity index (χ2v) is 21.4. The molecular weight excluding hydrogens is 821 g/mol. The van der Waals surface area contributed by atoms with Crippen molar-refractivity contribution in [1.29, 1.82) is 0 Å². The molecule has 0 saturated heterocycles. The van der Waals surface area contributed by atoms with E-state index in [4.69, 9.17) is 14.5 Å². The molecule has 374 valence electrons. The molecule has 0 fully saturated rings. The number of esters is 1. The van der Waals surface area contributed by atoms with Crippen LogP contribution in [0.2, 0.25) is 0 Å². The molecule has 0 radical (unpaired) electrons. The lowest BCUT2D eigenvalue weighted by Crippen LogP contribution is -2.62. The number of hydrogen-bond donors (Lipinski definition) is 0. The maximum atomic E-state index is 13.2. The van der Waals surface area contributed by atoms with E-state index < -0.39 is 5.72 Å². The second-order valence-electron chi connectivity index (χ2n) is 21.4. The van der Waals surface area contributed by atoms with Gasteiger partial charge in [-0.3, -0.25) is 9.79 Å². The van der Waals surface area contributed by atoms with Gasteiger partial charge in [0.15, 0.2) is 5.75 Å². The Bertz CT molecular complexity index is 1830. The van der Waals surface area contributed by atoms with Crippen molar-refractivity contribution in [3.8, 4) is 5.75 Å². The minimum absolute atomic E-state index is 0.123. The topological polar surface area (TPSA) is 51.1 Å². The summed E-state index contributed by atoms with van der Waals surface area (Å²) in [6.45, 7) is 10.3. The SMILES string of the molecule is CCCCCCCCCCCCCCCCCCCCCC(=O)OCc1cc2ccccc2c2c1OC1(C=N2)N(CCCCCCCCCCCCCCCCCC)c2ccccc2C1(C)C. The molecule has 3 aromatic carbocycles. The first-order chi connectivity index (χ1) is 32.9. The summed E-state index contributed by atoms with van der Waals surface area (Å²) < 4.78 is 13.5. The van der Waals surface area contributed by atoms with Crippen molar-refractivity contribution in [2.75, 3.05) is 11.4 Å². The minimum Gasteiger partial charge on any atom is -0.461 e. The molecule has 0 N–H and O–H groups in total. The maximum absolute atomic E-state index is 13.2. The van der Waals surface area contributed by atoms with Crippen molar-refractivity contribution >= 4 is 34.3 Å². The number of rotatable bonds is 39. The highest BCUT2D eigenvalue weighted by molar-refractivity contribution is 6.01. The Morgan fingerprint density at radius 3 is 1.49 bits per heavy atom. The highest BCUT2D eigenvalue weighted by Crippen LogP contribution is 2.55. The number of para-hydroxylation sites is 1. The molecule has 0 saturated carbocycles. The molecule has 2 heterocycles. The van der Waals surface area contributed by atoms with E-state index in [0.717, 1.165) is 53.6 Å². The Morgan fingerprint density at radius 1 is 0.552 bits per heavy atom. The highest BCUT2D eigenvalue weighted by atomic mass is 16.5. The third-order valence-electron chi connectivity index (χ3n) is 15.5. The molecule has 0 aromatic heterocycles. The zero-order chi connectivity index (χ0) is 47.3. The first kappa shape index (κ1) is 54.6. The average Bonchev–Trinajstić information content (AvgIpc) is 3.51. The van der Waals surface area contributed by atoms with Gasteiger partial charge in [0.1, 0.15) is 12.3 Å². The summed E-state index contributed by atoms with van der Waals surface area (Å²) in [5, 5.41) is 2.15.